The third kappa shape index (κ3) is 11.7. The summed E-state index contributed by atoms with van der Waals surface area (Å²) in [4.78, 5) is 62.4. The highest BCUT2D eigenvalue weighted by atomic mass is 16.6. The Hall–Kier alpha value is -7.44. The van der Waals surface area contributed by atoms with Crippen molar-refractivity contribution >= 4 is 57.7 Å². The molecule has 5 aromatic heterocycles. The van der Waals surface area contributed by atoms with Crippen LogP contribution in [0.4, 0.5) is 23.7 Å². The van der Waals surface area contributed by atoms with E-state index in [1.165, 1.54) is 24.3 Å². The van der Waals surface area contributed by atoms with Crippen molar-refractivity contribution in [2.24, 2.45) is 5.73 Å². The summed E-state index contributed by atoms with van der Waals surface area (Å²) in [6.07, 6.45) is 9.05. The minimum absolute atomic E-state index is 0.0530. The van der Waals surface area contributed by atoms with Gasteiger partial charge in [-0.3, -0.25) is 9.59 Å². The minimum Gasteiger partial charge on any atom is -0.424 e. The number of aromatic nitrogens is 9. The topological polar surface area (TPSA) is 292 Å². The molecule has 0 bridgehead atoms. The molecule has 2 aromatic carbocycles. The van der Waals surface area contributed by atoms with Crippen LogP contribution < -0.4 is 32.3 Å². The van der Waals surface area contributed by atoms with Gasteiger partial charge in [0.1, 0.15) is 23.4 Å². The Morgan fingerprint density at radius 1 is 0.714 bits per heavy atom. The lowest BCUT2D eigenvalue weighted by molar-refractivity contribution is -0.133. The molecule has 7 aromatic rings. The molecule has 2 aliphatic rings. The number of carbonyl (C=O) groups excluding carboxylic acids is 2. The van der Waals surface area contributed by atoms with Crippen molar-refractivity contribution < 1.29 is 33.0 Å². The summed E-state index contributed by atoms with van der Waals surface area (Å²) in [6.45, 7) is 8.26. The van der Waals surface area contributed by atoms with E-state index in [4.69, 9.17) is 45.7 Å². The highest BCUT2D eigenvalue weighted by Crippen LogP contribution is 2.33. The number of ether oxygens (including phenoxy) is 4. The number of amides is 2. The predicted octanol–water partition coefficient (Wildman–Crippen LogP) is 1.98. The number of carbonyl (C=O) groups is 2. The molecule has 23 heteroatoms. The summed E-state index contributed by atoms with van der Waals surface area (Å²) in [6, 6.07) is 12.0. The monoisotopic (exact) mass is 956 g/mol. The smallest absolute Gasteiger partial charge is 0.292 e. The SMILES string of the molecule is NCc1cnc(N2CCN(c3ncc(C(=O)NCCOCCOCCOCCOCCC(=O)N4CCc5cc(Cn6nc(-c7ccc8oc(N)nc8c7)c7c(N)ncnc76)ccc5C4)cn3)CC2)nc1. The number of rotatable bonds is 22. The van der Waals surface area contributed by atoms with Crippen molar-refractivity contribution in [2.45, 2.75) is 32.5 Å². The fourth-order valence-corrected chi connectivity index (χ4v) is 8.27. The van der Waals surface area contributed by atoms with Crippen LogP contribution in [0.2, 0.25) is 0 Å². The van der Waals surface area contributed by atoms with Crippen LogP contribution in [0.15, 0.2) is 71.9 Å². The largest absolute Gasteiger partial charge is 0.424 e. The lowest BCUT2D eigenvalue weighted by Gasteiger charge is -2.34. The molecule has 2 aliphatic heterocycles. The van der Waals surface area contributed by atoms with Gasteiger partial charge >= 0.3 is 0 Å². The molecular formula is C47H56N16O7. The lowest BCUT2D eigenvalue weighted by Crippen LogP contribution is -2.47. The minimum atomic E-state index is -0.269. The first-order chi connectivity index (χ1) is 34.3. The molecule has 0 spiro atoms. The Kier molecular flexibility index (Phi) is 15.5. The fourth-order valence-electron chi connectivity index (χ4n) is 8.27. The first-order valence-electron chi connectivity index (χ1n) is 23.2. The first-order valence-corrected chi connectivity index (χ1v) is 23.2. The zero-order chi connectivity index (χ0) is 48.2. The molecule has 1 fully saturated rings. The Balaban J connectivity index is 0.596. The van der Waals surface area contributed by atoms with Gasteiger partial charge in [-0.25, -0.2) is 34.6 Å². The molecule has 9 rings (SSSR count). The summed E-state index contributed by atoms with van der Waals surface area (Å²) in [5.41, 5.74) is 25.7. The van der Waals surface area contributed by atoms with Crippen LogP contribution >= 0.6 is 0 Å². The summed E-state index contributed by atoms with van der Waals surface area (Å²) in [7, 11) is 0. The third-order valence-corrected chi connectivity index (χ3v) is 12.0. The number of oxazole rings is 1. The number of fused-ring (bicyclic) bond motifs is 3. The van der Waals surface area contributed by atoms with E-state index in [0.717, 1.165) is 41.8 Å². The molecule has 0 atom stereocenters. The van der Waals surface area contributed by atoms with Crippen molar-refractivity contribution in [2.75, 3.05) is 113 Å². The molecule has 70 heavy (non-hydrogen) atoms. The summed E-state index contributed by atoms with van der Waals surface area (Å²) in [5, 5.41) is 8.41. The number of hydrogen-bond acceptors (Lipinski definition) is 20. The van der Waals surface area contributed by atoms with E-state index in [9.17, 15) is 9.59 Å². The van der Waals surface area contributed by atoms with Gasteiger partial charge in [0.15, 0.2) is 11.2 Å². The van der Waals surface area contributed by atoms with Gasteiger partial charge in [-0.15, -0.1) is 0 Å². The van der Waals surface area contributed by atoms with Crippen molar-refractivity contribution in [1.82, 2.24) is 54.9 Å². The van der Waals surface area contributed by atoms with E-state index in [-0.39, 0.29) is 17.8 Å². The number of nitrogen functional groups attached to an aromatic ring is 2. The quantitative estimate of drug-likeness (QED) is 0.0706. The van der Waals surface area contributed by atoms with E-state index >= 15 is 0 Å². The lowest BCUT2D eigenvalue weighted by atomic mass is 9.97. The maximum Gasteiger partial charge on any atom is 0.292 e. The number of nitrogens with two attached hydrogens (primary N) is 3. The van der Waals surface area contributed by atoms with Gasteiger partial charge in [-0.1, -0.05) is 18.2 Å². The van der Waals surface area contributed by atoms with Crippen LogP contribution in [0, 0.1) is 0 Å². The Morgan fingerprint density at radius 3 is 2.09 bits per heavy atom. The molecule has 0 radical (unpaired) electrons. The van der Waals surface area contributed by atoms with E-state index in [0.29, 0.717) is 156 Å². The van der Waals surface area contributed by atoms with Gasteiger partial charge in [-0.05, 0) is 41.3 Å². The summed E-state index contributed by atoms with van der Waals surface area (Å²) >= 11 is 0. The normalized spacial score (nSPS) is 13.9. The van der Waals surface area contributed by atoms with Crippen molar-refractivity contribution in [3.63, 3.8) is 0 Å². The molecule has 1 saturated heterocycles. The average Bonchev–Trinajstić information content (AvgIpc) is 3.96. The summed E-state index contributed by atoms with van der Waals surface area (Å²) in [5.74, 6) is 1.37. The molecule has 7 N–H and O–H groups in total. The average molecular weight is 957 g/mol. The third-order valence-electron chi connectivity index (χ3n) is 12.0. The van der Waals surface area contributed by atoms with Crippen LogP contribution in [-0.2, 0) is 49.8 Å². The molecular weight excluding hydrogens is 901 g/mol. The second kappa shape index (κ2) is 22.8. The molecule has 0 aliphatic carbocycles. The zero-order valence-corrected chi connectivity index (χ0v) is 38.7. The zero-order valence-electron chi connectivity index (χ0n) is 38.7. The van der Waals surface area contributed by atoms with Gasteiger partial charge in [0.25, 0.3) is 11.9 Å². The number of nitrogens with one attached hydrogen (secondary N) is 1. The van der Waals surface area contributed by atoms with Gasteiger partial charge in [0, 0.05) is 88.3 Å². The highest BCUT2D eigenvalue weighted by molar-refractivity contribution is 5.99. The number of hydrogen-bond donors (Lipinski definition) is 4. The number of benzene rings is 2. The Bertz CT molecular complexity index is 2870. The molecule has 0 saturated carbocycles. The van der Waals surface area contributed by atoms with Crippen LogP contribution in [0.1, 0.15) is 39.0 Å². The van der Waals surface area contributed by atoms with Crippen molar-refractivity contribution in [3.8, 4) is 11.3 Å². The summed E-state index contributed by atoms with van der Waals surface area (Å²) < 4.78 is 29.7. The van der Waals surface area contributed by atoms with Crippen LogP contribution in [-0.4, -0.2) is 154 Å². The van der Waals surface area contributed by atoms with Crippen molar-refractivity contribution in [3.05, 3.63) is 95.3 Å². The Morgan fingerprint density at radius 2 is 1.39 bits per heavy atom. The molecule has 7 heterocycles. The second-order valence-electron chi connectivity index (χ2n) is 16.7. The van der Waals surface area contributed by atoms with Crippen LogP contribution in [0.25, 0.3) is 33.4 Å². The molecule has 366 valence electrons. The maximum atomic E-state index is 13.1. The van der Waals surface area contributed by atoms with E-state index < -0.39 is 0 Å². The van der Waals surface area contributed by atoms with Gasteiger partial charge < -0.3 is 60.6 Å². The van der Waals surface area contributed by atoms with Gasteiger partial charge in [0.2, 0.25) is 17.8 Å². The Labute approximate surface area is 402 Å². The van der Waals surface area contributed by atoms with E-state index in [2.05, 4.69) is 68.2 Å². The number of piperazine rings is 1. The van der Waals surface area contributed by atoms with Gasteiger partial charge in [0.05, 0.1) is 76.8 Å². The standard InChI is InChI=1S/C47H56N16O7/c48-23-32-24-52-46(53-25-32)60-9-11-61(12-10-60)47-54-26-36(27-55-47)44(65)51-7-14-67-16-18-69-20-19-68-17-15-66-13-6-39(64)62-8-5-33-21-31(1-2-35(33)29-62)28-63-43-40(42(49)56-30-57-43)41(59-63)34-3-4-38-37(22-34)58-45(50)70-38/h1-4,21-22,24-27,30H,5-20,23,28-29,48H2,(H2,50,58)(H,51,65)(H2,49,56,57). The molecule has 2 amide bonds. The van der Waals surface area contributed by atoms with E-state index in [1.807, 2.05) is 21.7 Å². The van der Waals surface area contributed by atoms with Crippen molar-refractivity contribution in [1.29, 1.82) is 0 Å². The highest BCUT2D eigenvalue weighted by Gasteiger charge is 2.24. The maximum absolute atomic E-state index is 13.1. The molecule has 23 nitrogen and oxygen atoms in total. The molecule has 0 unspecified atom stereocenters. The van der Waals surface area contributed by atoms with Crippen LogP contribution in [0.3, 0.4) is 0 Å². The van der Waals surface area contributed by atoms with E-state index in [1.54, 1.807) is 18.5 Å². The van der Waals surface area contributed by atoms with Gasteiger partial charge in [-0.2, -0.15) is 10.1 Å². The van der Waals surface area contributed by atoms with Crippen LogP contribution in [0.5, 0.6) is 0 Å². The number of nitrogens with zero attached hydrogens (tertiary/aromatic N) is 12. The first kappa shape index (κ1) is 47.6. The fraction of sp³-hybridized carbons (Fsp3) is 0.404. The second-order valence-corrected chi connectivity index (χ2v) is 16.7. The number of anilines is 4. The predicted molar refractivity (Wildman–Crippen MR) is 258 cm³/mol.